The third kappa shape index (κ3) is 6.78. The van der Waals surface area contributed by atoms with Gasteiger partial charge in [0, 0.05) is 25.7 Å². The molecule has 1 aliphatic rings. The molecule has 1 aliphatic heterocycles. The number of carbonyl (C=O) groups is 1. The summed E-state index contributed by atoms with van der Waals surface area (Å²) in [7, 11) is 0. The number of nitrogens with one attached hydrogen (secondary N) is 2. The van der Waals surface area contributed by atoms with Gasteiger partial charge in [-0.15, -0.1) is 0 Å². The number of likely N-dealkylation sites (tertiary alicyclic amines) is 1. The van der Waals surface area contributed by atoms with Crippen molar-refractivity contribution >= 4 is 6.03 Å². The van der Waals surface area contributed by atoms with E-state index >= 15 is 0 Å². The maximum atomic E-state index is 12.3. The molecule has 0 saturated carbocycles. The summed E-state index contributed by atoms with van der Waals surface area (Å²) >= 11 is 0. The molecule has 0 aliphatic carbocycles. The lowest BCUT2D eigenvalue weighted by Gasteiger charge is -2.33. The number of hydrogen-bond acceptors (Lipinski definition) is 3. The normalized spacial score (nSPS) is 17.3. The number of nitrogens with zero attached hydrogens (tertiary/aromatic N) is 1. The Morgan fingerprint density at radius 1 is 1.27 bits per heavy atom. The minimum atomic E-state index is -2.86. The van der Waals surface area contributed by atoms with Gasteiger partial charge in [-0.3, -0.25) is 0 Å². The van der Waals surface area contributed by atoms with Crippen LogP contribution in [0.3, 0.4) is 0 Å². The maximum Gasteiger partial charge on any atom is 0.387 e. The summed E-state index contributed by atoms with van der Waals surface area (Å²) in [6.07, 6.45) is 1.87. The first kappa shape index (κ1) is 20.4. The van der Waals surface area contributed by atoms with Gasteiger partial charge in [0.2, 0.25) is 0 Å². The average Bonchev–Trinajstić information content (AvgIpc) is 2.55. The van der Waals surface area contributed by atoms with E-state index in [-0.39, 0.29) is 23.9 Å². The van der Waals surface area contributed by atoms with E-state index in [0.717, 1.165) is 32.5 Å². The third-order valence-corrected chi connectivity index (χ3v) is 4.48. The number of carbonyl (C=O) groups excluding carboxylic acids is 1. The second-order valence-corrected chi connectivity index (χ2v) is 7.26. The van der Waals surface area contributed by atoms with E-state index in [4.69, 9.17) is 0 Å². The van der Waals surface area contributed by atoms with Crippen molar-refractivity contribution in [2.45, 2.75) is 52.3 Å². The number of alkyl halides is 2. The van der Waals surface area contributed by atoms with Gasteiger partial charge in [0.25, 0.3) is 0 Å². The van der Waals surface area contributed by atoms with Gasteiger partial charge in [0.1, 0.15) is 5.75 Å². The monoisotopic (exact) mass is 369 g/mol. The molecule has 2 amide bonds. The van der Waals surface area contributed by atoms with Gasteiger partial charge in [-0.2, -0.15) is 8.78 Å². The topological polar surface area (TPSA) is 53.6 Å². The fourth-order valence-corrected chi connectivity index (χ4v) is 3.24. The molecule has 26 heavy (non-hydrogen) atoms. The first-order valence-corrected chi connectivity index (χ1v) is 9.17. The van der Waals surface area contributed by atoms with Gasteiger partial charge in [-0.1, -0.05) is 26.0 Å². The first-order chi connectivity index (χ1) is 12.3. The SMILES string of the molecule is CC(C)CN1CCC(NC(=O)N[C@@H](C)c2cccc(OC(F)F)c2)CC1. The van der Waals surface area contributed by atoms with Crippen molar-refractivity contribution in [1.82, 2.24) is 15.5 Å². The standard InChI is InChI=1S/C19H29F2N3O2/c1-13(2)12-24-9-7-16(8-10-24)23-19(25)22-14(3)15-5-4-6-17(11-15)26-18(20)21/h4-6,11,13-14,16,18H,7-10,12H2,1-3H3,(H2,22,23,25)/t14-/m0/s1. The second-order valence-electron chi connectivity index (χ2n) is 7.26. The smallest absolute Gasteiger partial charge is 0.387 e. The summed E-state index contributed by atoms with van der Waals surface area (Å²) in [5.74, 6) is 0.734. The van der Waals surface area contributed by atoms with Crippen molar-refractivity contribution in [3.05, 3.63) is 29.8 Å². The Labute approximate surface area is 154 Å². The van der Waals surface area contributed by atoms with Crippen LogP contribution in [0.15, 0.2) is 24.3 Å². The predicted octanol–water partition coefficient (Wildman–Crippen LogP) is 3.77. The number of piperidine rings is 1. The lowest BCUT2D eigenvalue weighted by molar-refractivity contribution is -0.0499. The molecule has 5 nitrogen and oxygen atoms in total. The number of benzene rings is 1. The van der Waals surface area contributed by atoms with Crippen molar-refractivity contribution in [2.24, 2.45) is 5.92 Å². The first-order valence-electron chi connectivity index (χ1n) is 9.17. The number of amides is 2. The molecular weight excluding hydrogens is 340 g/mol. The minimum absolute atomic E-state index is 0.0871. The Hall–Kier alpha value is -1.89. The largest absolute Gasteiger partial charge is 0.435 e. The molecule has 1 fully saturated rings. The maximum absolute atomic E-state index is 12.3. The molecule has 1 atom stereocenters. The molecule has 0 spiro atoms. The number of rotatable bonds is 7. The van der Waals surface area contributed by atoms with Gasteiger partial charge in [0.15, 0.2) is 0 Å². The highest BCUT2D eigenvalue weighted by Crippen LogP contribution is 2.20. The summed E-state index contributed by atoms with van der Waals surface area (Å²) < 4.78 is 29.0. The van der Waals surface area contributed by atoms with E-state index in [2.05, 4.69) is 34.1 Å². The highest BCUT2D eigenvalue weighted by Gasteiger charge is 2.21. The zero-order valence-corrected chi connectivity index (χ0v) is 15.7. The minimum Gasteiger partial charge on any atom is -0.435 e. The zero-order chi connectivity index (χ0) is 19.1. The van der Waals surface area contributed by atoms with Gasteiger partial charge in [-0.05, 0) is 43.4 Å². The quantitative estimate of drug-likeness (QED) is 0.769. The molecule has 0 unspecified atom stereocenters. The van der Waals surface area contributed by atoms with Crippen LogP contribution in [0.2, 0.25) is 0 Å². The lowest BCUT2D eigenvalue weighted by Crippen LogP contribution is -2.48. The van der Waals surface area contributed by atoms with Gasteiger partial charge >= 0.3 is 12.6 Å². The van der Waals surface area contributed by atoms with E-state index < -0.39 is 6.61 Å². The highest BCUT2D eigenvalue weighted by molar-refractivity contribution is 5.74. The van der Waals surface area contributed by atoms with E-state index in [1.807, 2.05) is 6.92 Å². The van der Waals surface area contributed by atoms with Crippen molar-refractivity contribution in [2.75, 3.05) is 19.6 Å². The Balaban J connectivity index is 1.79. The fraction of sp³-hybridized carbons (Fsp3) is 0.632. The molecular formula is C19H29F2N3O2. The molecule has 1 saturated heterocycles. The summed E-state index contributed by atoms with van der Waals surface area (Å²) in [6, 6.07) is 6.01. The molecule has 0 aromatic heterocycles. The Bertz CT molecular complexity index is 576. The molecule has 1 aromatic carbocycles. The van der Waals surface area contributed by atoms with Crippen LogP contribution >= 0.6 is 0 Å². The van der Waals surface area contributed by atoms with Crippen LogP contribution in [-0.4, -0.2) is 43.2 Å². The van der Waals surface area contributed by atoms with E-state index in [9.17, 15) is 13.6 Å². The summed E-state index contributed by atoms with van der Waals surface area (Å²) in [5.41, 5.74) is 0.713. The Morgan fingerprint density at radius 2 is 1.96 bits per heavy atom. The fourth-order valence-electron chi connectivity index (χ4n) is 3.24. The van der Waals surface area contributed by atoms with Crippen molar-refractivity contribution < 1.29 is 18.3 Å². The van der Waals surface area contributed by atoms with Crippen LogP contribution in [0.4, 0.5) is 13.6 Å². The average molecular weight is 369 g/mol. The van der Waals surface area contributed by atoms with Crippen molar-refractivity contribution in [1.29, 1.82) is 0 Å². The van der Waals surface area contributed by atoms with Gasteiger partial charge in [0.05, 0.1) is 6.04 Å². The molecule has 0 radical (unpaired) electrons. The number of ether oxygens (including phenoxy) is 1. The van der Waals surface area contributed by atoms with E-state index in [1.165, 1.54) is 12.1 Å². The van der Waals surface area contributed by atoms with Gasteiger partial charge < -0.3 is 20.3 Å². The molecule has 0 bridgehead atoms. The zero-order valence-electron chi connectivity index (χ0n) is 15.7. The number of hydrogen-bond donors (Lipinski definition) is 2. The molecule has 7 heteroatoms. The third-order valence-electron chi connectivity index (χ3n) is 4.48. The molecule has 2 N–H and O–H groups in total. The van der Waals surface area contributed by atoms with E-state index in [0.29, 0.717) is 11.5 Å². The van der Waals surface area contributed by atoms with Crippen molar-refractivity contribution in [3.8, 4) is 5.75 Å². The van der Waals surface area contributed by atoms with Crippen LogP contribution in [0.5, 0.6) is 5.75 Å². The molecule has 146 valence electrons. The van der Waals surface area contributed by atoms with E-state index in [1.54, 1.807) is 12.1 Å². The molecule has 1 aromatic rings. The van der Waals surface area contributed by atoms with Crippen LogP contribution in [0, 0.1) is 5.92 Å². The number of halogens is 2. The van der Waals surface area contributed by atoms with Crippen LogP contribution < -0.4 is 15.4 Å². The second kappa shape index (κ2) is 9.71. The lowest BCUT2D eigenvalue weighted by atomic mass is 10.0. The highest BCUT2D eigenvalue weighted by atomic mass is 19.3. The van der Waals surface area contributed by atoms with Crippen molar-refractivity contribution in [3.63, 3.8) is 0 Å². The Morgan fingerprint density at radius 3 is 2.58 bits per heavy atom. The Kier molecular flexibility index (Phi) is 7.63. The molecule has 1 heterocycles. The summed E-state index contributed by atoms with van der Waals surface area (Å²) in [4.78, 5) is 14.7. The van der Waals surface area contributed by atoms with Crippen LogP contribution in [0.25, 0.3) is 0 Å². The molecule has 2 rings (SSSR count). The summed E-state index contributed by atoms with van der Waals surface area (Å²) in [6.45, 7) is 6.44. The number of urea groups is 1. The van der Waals surface area contributed by atoms with Crippen LogP contribution in [0.1, 0.15) is 45.2 Å². The van der Waals surface area contributed by atoms with Gasteiger partial charge in [-0.25, -0.2) is 4.79 Å². The summed E-state index contributed by atoms with van der Waals surface area (Å²) in [5, 5.41) is 5.87. The predicted molar refractivity (Wildman–Crippen MR) is 97.5 cm³/mol. The van der Waals surface area contributed by atoms with Crippen LogP contribution in [-0.2, 0) is 0 Å².